The van der Waals surface area contributed by atoms with Crippen LogP contribution in [0, 0.1) is 0 Å². The number of para-hydroxylation sites is 1. The molecule has 3 aromatic rings. The van der Waals surface area contributed by atoms with Crippen LogP contribution in [-0.2, 0) is 0 Å². The van der Waals surface area contributed by atoms with Crippen molar-refractivity contribution in [2.24, 2.45) is 0 Å². The number of benzene rings is 3. The predicted molar refractivity (Wildman–Crippen MR) is 104 cm³/mol. The Labute approximate surface area is 162 Å². The number of rotatable bonds is 6. The van der Waals surface area contributed by atoms with E-state index in [2.05, 4.69) is 5.32 Å². The minimum atomic E-state index is -1.08. The van der Waals surface area contributed by atoms with Gasteiger partial charge in [0, 0.05) is 0 Å². The van der Waals surface area contributed by atoms with Crippen LogP contribution >= 0.6 is 0 Å². The van der Waals surface area contributed by atoms with Gasteiger partial charge in [-0.15, -0.1) is 0 Å². The molecule has 0 saturated carbocycles. The summed E-state index contributed by atoms with van der Waals surface area (Å²) in [6.07, 6.45) is 0. The molecule has 0 saturated heterocycles. The van der Waals surface area contributed by atoms with Gasteiger partial charge < -0.3 is 0 Å². The van der Waals surface area contributed by atoms with Crippen molar-refractivity contribution in [3.63, 3.8) is 0 Å². The maximum atomic E-state index is 12.8. The third kappa shape index (κ3) is 4.51. The molecule has 130 valence electrons. The summed E-state index contributed by atoms with van der Waals surface area (Å²) in [7, 11) is 1.61. The normalized spacial score (nSPS) is 10.2. The number of carbonyl (C=O) groups is 2. The topological polar surface area (TPSA) is 55.4 Å². The molecule has 0 radical (unpaired) electrons. The van der Waals surface area contributed by atoms with Crippen molar-refractivity contribution in [3.05, 3.63) is 90.0 Å². The van der Waals surface area contributed by atoms with Crippen LogP contribution in [0.15, 0.2) is 78.9 Å². The van der Waals surface area contributed by atoms with E-state index in [9.17, 15) is 9.59 Å². The van der Waals surface area contributed by atoms with Crippen molar-refractivity contribution in [2.75, 3.05) is 12.4 Å². The number of nitrogens with one attached hydrogen (secondary N) is 1. The number of amides is 1. The Kier molecular flexibility index (Phi) is 6.06. The average Bonchev–Trinajstić information content (AvgIpc) is 2.69. The Hall–Kier alpha value is -2.61. The Morgan fingerprint density at radius 1 is 0.846 bits per heavy atom. The third-order valence-corrected chi connectivity index (χ3v) is 6.31. The van der Waals surface area contributed by atoms with E-state index in [0.29, 0.717) is 16.8 Å². The number of carbonyl (C=O) groups excluding carboxylic acids is 2. The zero-order valence-corrected chi connectivity index (χ0v) is 16.5. The monoisotopic (exact) mass is 461 g/mol. The van der Waals surface area contributed by atoms with Crippen molar-refractivity contribution in [2.45, 2.75) is 0 Å². The molecule has 0 aliphatic carbocycles. The third-order valence-electron chi connectivity index (χ3n) is 3.70. The van der Waals surface area contributed by atoms with Crippen LogP contribution in [0.4, 0.5) is 5.69 Å². The summed E-state index contributed by atoms with van der Waals surface area (Å²) in [5.74, 6) is 0.542. The molecule has 1 amide bonds. The van der Waals surface area contributed by atoms with Gasteiger partial charge in [0.2, 0.25) is 0 Å². The molecule has 0 aliphatic heterocycles. The van der Waals surface area contributed by atoms with Crippen molar-refractivity contribution < 1.29 is 14.3 Å². The first kappa shape index (κ1) is 18.2. The summed E-state index contributed by atoms with van der Waals surface area (Å²) in [6, 6.07) is 23.7. The van der Waals surface area contributed by atoms with Gasteiger partial charge in [0.25, 0.3) is 0 Å². The first-order valence-electron chi connectivity index (χ1n) is 7.99. The van der Waals surface area contributed by atoms with Crippen molar-refractivity contribution in [1.29, 1.82) is 0 Å². The minimum absolute atomic E-state index is 0.0736. The molecule has 4 nitrogen and oxygen atoms in total. The van der Waals surface area contributed by atoms with Gasteiger partial charge in [-0.2, -0.15) is 0 Å². The first-order chi connectivity index (χ1) is 12.7. The molecule has 26 heavy (non-hydrogen) atoms. The van der Waals surface area contributed by atoms with E-state index in [1.165, 1.54) is 0 Å². The molecule has 3 rings (SSSR count). The molecule has 0 bridgehead atoms. The zero-order chi connectivity index (χ0) is 18.4. The fraction of sp³-hybridized carbons (Fsp3) is 0.0476. The average molecular weight is 459 g/mol. The first-order valence-corrected chi connectivity index (χ1v) is 10.3. The maximum absolute atomic E-state index is 12.8. The second-order valence-electron chi connectivity index (χ2n) is 5.43. The molecule has 0 aromatic heterocycles. The van der Waals surface area contributed by atoms with E-state index in [1.807, 2.05) is 54.6 Å². The summed E-state index contributed by atoms with van der Waals surface area (Å²) < 4.78 is 6.24. The summed E-state index contributed by atoms with van der Waals surface area (Å²) in [6.45, 7) is 0. The SMILES string of the molecule is COc1ccc([Te]C(=O)c2ccccc2NC(=O)c2ccccc2)cc1. The number of hydrogen-bond acceptors (Lipinski definition) is 3. The molecule has 0 fully saturated rings. The van der Waals surface area contributed by atoms with Crippen molar-refractivity contribution in [1.82, 2.24) is 0 Å². The van der Waals surface area contributed by atoms with E-state index >= 15 is 0 Å². The standard InChI is InChI=1S/C21H17NO3Te/c1-25-16-11-13-17(14-12-16)26-21(24)18-9-5-6-10-19(18)22-20(23)15-7-3-2-4-8-15/h2-14H,1H3,(H,22,23). The van der Waals surface area contributed by atoms with E-state index in [0.717, 1.165) is 9.36 Å². The van der Waals surface area contributed by atoms with Crippen molar-refractivity contribution in [3.8, 4) is 5.75 Å². The second kappa shape index (κ2) is 8.66. The Bertz CT molecular complexity index is 908. The molecule has 0 heterocycles. The molecule has 0 unspecified atom stereocenters. The summed E-state index contributed by atoms with van der Waals surface area (Å²) in [5.41, 5.74) is 1.65. The molecule has 0 aliphatic rings. The van der Waals surface area contributed by atoms with Crippen LogP contribution in [0.2, 0.25) is 0 Å². The van der Waals surface area contributed by atoms with Crippen LogP contribution in [0.25, 0.3) is 0 Å². The molecular weight excluding hydrogens is 442 g/mol. The number of hydrogen-bond donors (Lipinski definition) is 1. The molecule has 0 spiro atoms. The van der Waals surface area contributed by atoms with Crippen LogP contribution in [-0.4, -0.2) is 37.8 Å². The fourth-order valence-electron chi connectivity index (χ4n) is 2.36. The number of methoxy groups -OCH3 is 1. The van der Waals surface area contributed by atoms with E-state index in [1.54, 1.807) is 31.4 Å². The van der Waals surface area contributed by atoms with Gasteiger partial charge in [-0.25, -0.2) is 0 Å². The van der Waals surface area contributed by atoms with Gasteiger partial charge in [-0.1, -0.05) is 0 Å². The van der Waals surface area contributed by atoms with E-state index in [4.69, 9.17) is 4.74 Å². The van der Waals surface area contributed by atoms with Gasteiger partial charge in [-0.3, -0.25) is 0 Å². The Morgan fingerprint density at radius 3 is 2.19 bits per heavy atom. The van der Waals surface area contributed by atoms with Gasteiger partial charge in [0.05, 0.1) is 0 Å². The molecule has 0 atom stereocenters. The molecule has 5 heteroatoms. The van der Waals surface area contributed by atoms with Crippen LogP contribution < -0.4 is 13.7 Å². The van der Waals surface area contributed by atoms with Crippen LogP contribution in [0.5, 0.6) is 5.75 Å². The predicted octanol–water partition coefficient (Wildman–Crippen LogP) is 3.12. The fourth-order valence-corrected chi connectivity index (χ4v) is 4.57. The van der Waals surface area contributed by atoms with Gasteiger partial charge >= 0.3 is 162 Å². The quantitative estimate of drug-likeness (QED) is 0.577. The Balaban J connectivity index is 1.77. The van der Waals surface area contributed by atoms with Crippen LogP contribution in [0.3, 0.4) is 0 Å². The summed E-state index contributed by atoms with van der Waals surface area (Å²) >= 11 is -1.08. The Morgan fingerprint density at radius 2 is 1.50 bits per heavy atom. The van der Waals surface area contributed by atoms with E-state index in [-0.39, 0.29) is 9.74 Å². The van der Waals surface area contributed by atoms with Crippen LogP contribution in [0.1, 0.15) is 20.7 Å². The van der Waals surface area contributed by atoms with Gasteiger partial charge in [0.1, 0.15) is 0 Å². The van der Waals surface area contributed by atoms with Crippen molar-refractivity contribution >= 4 is 40.0 Å². The molecule has 3 aromatic carbocycles. The number of ether oxygens (including phenoxy) is 1. The van der Waals surface area contributed by atoms with E-state index < -0.39 is 20.9 Å². The van der Waals surface area contributed by atoms with Gasteiger partial charge in [0.15, 0.2) is 0 Å². The van der Waals surface area contributed by atoms with Gasteiger partial charge in [-0.05, 0) is 0 Å². The molecule has 1 N–H and O–H groups in total. The summed E-state index contributed by atoms with van der Waals surface area (Å²) in [4.78, 5) is 25.2. The second-order valence-corrected chi connectivity index (χ2v) is 8.42. The number of anilines is 1. The summed E-state index contributed by atoms with van der Waals surface area (Å²) in [5, 5.41) is 2.85. The zero-order valence-electron chi connectivity index (χ0n) is 14.1. The molecular formula is C21H17NO3Te.